The lowest BCUT2D eigenvalue weighted by molar-refractivity contribution is 0.110. The third-order valence-electron chi connectivity index (χ3n) is 3.08. The van der Waals surface area contributed by atoms with Crippen LogP contribution in [0.15, 0.2) is 24.3 Å². The van der Waals surface area contributed by atoms with E-state index < -0.39 is 6.10 Å². The number of aromatic nitrogens is 2. The Bertz CT molecular complexity index is 759. The molecule has 132 valence electrons. The Hall–Kier alpha value is -2.36. The molecule has 0 fully saturated rings. The topological polar surface area (TPSA) is 67.3 Å². The first-order valence-electron chi connectivity index (χ1n) is 8.16. The highest BCUT2D eigenvalue weighted by atomic mass is 32.1. The van der Waals surface area contributed by atoms with E-state index in [2.05, 4.69) is 27.5 Å². The van der Waals surface area contributed by atoms with Crippen LogP contribution >= 0.6 is 11.3 Å². The van der Waals surface area contributed by atoms with E-state index in [0.29, 0.717) is 18.2 Å². The molecule has 2 rings (SSSR count). The van der Waals surface area contributed by atoms with Crippen LogP contribution in [0, 0.1) is 24.8 Å². The molecule has 0 bridgehead atoms. The Morgan fingerprint density at radius 2 is 2.08 bits per heavy atom. The standard InChI is InChI=1S/C19H23N3O2S/c1-14(2)10-11-20-12-17(23)13-24-18-7-5-4-6-16(18)8-9-19-22-21-15(3)25-19/h4-9,14,17,20,23H,12-13H2,1-3H3. The predicted octanol–water partition coefficient (Wildman–Crippen LogP) is 2.96. The first kappa shape index (κ1) is 19.0. The number of hydrogen-bond acceptors (Lipinski definition) is 6. The zero-order valence-corrected chi connectivity index (χ0v) is 15.5. The minimum atomic E-state index is -0.635. The monoisotopic (exact) mass is 357 g/mol. The van der Waals surface area contributed by atoms with Gasteiger partial charge in [-0.2, -0.15) is 0 Å². The predicted molar refractivity (Wildman–Crippen MR) is 102 cm³/mol. The Balaban J connectivity index is 1.90. The van der Waals surface area contributed by atoms with Crippen molar-refractivity contribution >= 4 is 23.5 Å². The average molecular weight is 357 g/mol. The molecule has 1 heterocycles. The van der Waals surface area contributed by atoms with Crippen molar-refractivity contribution in [2.45, 2.75) is 26.9 Å². The van der Waals surface area contributed by atoms with E-state index in [0.717, 1.165) is 15.6 Å². The number of benzene rings is 1. The van der Waals surface area contributed by atoms with Gasteiger partial charge in [0.15, 0.2) is 0 Å². The second-order valence-electron chi connectivity index (χ2n) is 5.80. The minimum Gasteiger partial charge on any atom is -0.490 e. The van der Waals surface area contributed by atoms with E-state index in [-0.39, 0.29) is 6.61 Å². The summed E-state index contributed by atoms with van der Waals surface area (Å²) in [5.41, 5.74) is 0.926. The van der Waals surface area contributed by atoms with E-state index in [1.165, 1.54) is 11.3 Å². The summed E-state index contributed by atoms with van der Waals surface area (Å²) in [6, 6.07) is 10.5. The number of nitrogens with one attached hydrogen (secondary N) is 1. The molecular weight excluding hydrogens is 334 g/mol. The molecule has 0 aliphatic carbocycles. The SMILES string of the molecule is Cc1nnc(C=Cc2ccccc2OCC(O)CNC#CC(C)C)s1. The van der Waals surface area contributed by atoms with Gasteiger partial charge in [-0.05, 0) is 25.1 Å². The van der Waals surface area contributed by atoms with Crippen molar-refractivity contribution in [2.24, 2.45) is 5.92 Å². The second-order valence-corrected chi connectivity index (χ2v) is 7.01. The quantitative estimate of drug-likeness (QED) is 0.589. The van der Waals surface area contributed by atoms with Crippen LogP contribution in [0.4, 0.5) is 0 Å². The van der Waals surface area contributed by atoms with Gasteiger partial charge < -0.3 is 15.2 Å². The lowest BCUT2D eigenvalue weighted by Gasteiger charge is -2.13. The Morgan fingerprint density at radius 3 is 2.80 bits per heavy atom. The van der Waals surface area contributed by atoms with Crippen LogP contribution in [-0.2, 0) is 0 Å². The van der Waals surface area contributed by atoms with Gasteiger partial charge in [-0.25, -0.2) is 0 Å². The lowest BCUT2D eigenvalue weighted by atomic mass is 10.2. The summed E-state index contributed by atoms with van der Waals surface area (Å²) >= 11 is 1.53. The average Bonchev–Trinajstić information content (AvgIpc) is 3.01. The van der Waals surface area contributed by atoms with Gasteiger partial charge >= 0.3 is 0 Å². The van der Waals surface area contributed by atoms with Crippen LogP contribution in [-0.4, -0.2) is 34.6 Å². The number of aliphatic hydroxyl groups is 1. The largest absolute Gasteiger partial charge is 0.490 e. The van der Waals surface area contributed by atoms with Crippen molar-refractivity contribution in [1.29, 1.82) is 0 Å². The molecule has 0 aliphatic rings. The summed E-state index contributed by atoms with van der Waals surface area (Å²) < 4.78 is 5.75. The summed E-state index contributed by atoms with van der Waals surface area (Å²) in [7, 11) is 0. The maximum absolute atomic E-state index is 9.99. The molecule has 2 aromatic rings. The van der Waals surface area contributed by atoms with Crippen molar-refractivity contribution in [3.63, 3.8) is 0 Å². The molecule has 0 saturated heterocycles. The number of hydrogen-bond donors (Lipinski definition) is 2. The summed E-state index contributed by atoms with van der Waals surface area (Å²) in [5, 5.41) is 22.7. The molecule has 1 aromatic heterocycles. The summed E-state index contributed by atoms with van der Waals surface area (Å²) in [6.45, 7) is 6.51. The number of rotatable bonds is 7. The molecule has 6 heteroatoms. The Kier molecular flexibility index (Phi) is 7.45. The molecule has 5 nitrogen and oxygen atoms in total. The van der Waals surface area contributed by atoms with Crippen LogP contribution in [0.2, 0.25) is 0 Å². The van der Waals surface area contributed by atoms with E-state index in [4.69, 9.17) is 4.74 Å². The van der Waals surface area contributed by atoms with Crippen molar-refractivity contribution in [2.75, 3.05) is 13.2 Å². The van der Waals surface area contributed by atoms with Crippen LogP contribution in [0.1, 0.15) is 29.4 Å². The molecule has 1 aromatic carbocycles. The zero-order valence-electron chi connectivity index (χ0n) is 14.7. The molecule has 1 unspecified atom stereocenters. The Labute approximate surface area is 152 Å². The highest BCUT2D eigenvalue weighted by molar-refractivity contribution is 7.12. The van der Waals surface area contributed by atoms with E-state index in [9.17, 15) is 5.11 Å². The molecular formula is C19H23N3O2S. The van der Waals surface area contributed by atoms with E-state index in [1.54, 1.807) is 0 Å². The number of nitrogens with zero attached hydrogens (tertiary/aromatic N) is 2. The van der Waals surface area contributed by atoms with Crippen LogP contribution in [0.25, 0.3) is 12.2 Å². The highest BCUT2D eigenvalue weighted by Gasteiger charge is 2.06. The van der Waals surface area contributed by atoms with Gasteiger partial charge in [0, 0.05) is 17.5 Å². The molecule has 0 amide bonds. The fourth-order valence-corrected chi connectivity index (χ4v) is 2.50. The molecule has 25 heavy (non-hydrogen) atoms. The molecule has 0 radical (unpaired) electrons. The van der Waals surface area contributed by atoms with Gasteiger partial charge in [-0.1, -0.05) is 49.3 Å². The highest BCUT2D eigenvalue weighted by Crippen LogP contribution is 2.21. The van der Waals surface area contributed by atoms with Gasteiger partial charge in [0.25, 0.3) is 0 Å². The maximum atomic E-state index is 9.99. The van der Waals surface area contributed by atoms with Crippen molar-refractivity contribution in [1.82, 2.24) is 15.5 Å². The Morgan fingerprint density at radius 1 is 1.28 bits per heavy atom. The normalized spacial score (nSPS) is 12.0. The van der Waals surface area contributed by atoms with Crippen molar-refractivity contribution in [3.8, 4) is 17.7 Å². The summed E-state index contributed by atoms with van der Waals surface area (Å²) in [4.78, 5) is 0. The van der Waals surface area contributed by atoms with Gasteiger partial charge in [0.2, 0.25) is 0 Å². The van der Waals surface area contributed by atoms with E-state index in [1.807, 2.05) is 57.2 Å². The van der Waals surface area contributed by atoms with Crippen LogP contribution in [0.5, 0.6) is 5.75 Å². The van der Waals surface area contributed by atoms with Gasteiger partial charge in [-0.15, -0.1) is 10.2 Å². The van der Waals surface area contributed by atoms with E-state index >= 15 is 0 Å². The smallest absolute Gasteiger partial charge is 0.140 e. The zero-order chi connectivity index (χ0) is 18.1. The van der Waals surface area contributed by atoms with Gasteiger partial charge in [0.1, 0.15) is 28.5 Å². The third-order valence-corrected chi connectivity index (χ3v) is 3.89. The molecule has 0 saturated carbocycles. The van der Waals surface area contributed by atoms with Crippen molar-refractivity contribution < 1.29 is 9.84 Å². The molecule has 2 N–H and O–H groups in total. The summed E-state index contributed by atoms with van der Waals surface area (Å²) in [5.74, 6) is 4.00. The van der Waals surface area contributed by atoms with Crippen molar-refractivity contribution in [3.05, 3.63) is 39.8 Å². The van der Waals surface area contributed by atoms with Crippen LogP contribution in [0.3, 0.4) is 0 Å². The lowest BCUT2D eigenvalue weighted by Crippen LogP contribution is -2.29. The summed E-state index contributed by atoms with van der Waals surface area (Å²) in [6.07, 6.45) is 3.21. The first-order chi connectivity index (χ1) is 12.0. The van der Waals surface area contributed by atoms with Gasteiger partial charge in [-0.3, -0.25) is 0 Å². The number of aliphatic hydroxyl groups excluding tert-OH is 1. The second kappa shape index (κ2) is 9.82. The molecule has 0 aliphatic heterocycles. The fourth-order valence-electron chi connectivity index (χ4n) is 1.90. The first-order valence-corrected chi connectivity index (χ1v) is 8.97. The number of para-hydroxylation sites is 1. The van der Waals surface area contributed by atoms with Gasteiger partial charge in [0.05, 0.1) is 6.54 Å². The minimum absolute atomic E-state index is 0.194. The maximum Gasteiger partial charge on any atom is 0.140 e. The van der Waals surface area contributed by atoms with Crippen LogP contribution < -0.4 is 10.1 Å². The fraction of sp³-hybridized carbons (Fsp3) is 0.368. The third kappa shape index (κ3) is 6.96. The molecule has 0 spiro atoms. The number of ether oxygens (including phenoxy) is 1. The number of aryl methyl sites for hydroxylation is 1. The molecule has 1 atom stereocenters.